The first kappa shape index (κ1) is 13.4. The monoisotopic (exact) mass is 334 g/mol. The predicted molar refractivity (Wildman–Crippen MR) is 111 cm³/mol. The van der Waals surface area contributed by atoms with E-state index in [4.69, 9.17) is 0 Å². The molecule has 0 unspecified atom stereocenters. The Bertz CT molecular complexity index is 1370. The van der Waals surface area contributed by atoms with Gasteiger partial charge in [-0.25, -0.2) is 0 Å². The highest BCUT2D eigenvalue weighted by atomic mass is 32.1. The van der Waals surface area contributed by atoms with Crippen LogP contribution in [0.2, 0.25) is 0 Å². The molecule has 1 heteroatoms. The summed E-state index contributed by atoms with van der Waals surface area (Å²) in [7, 11) is 0. The normalized spacial score (nSPS) is 12.0. The first-order valence-corrected chi connectivity index (χ1v) is 9.47. The van der Waals surface area contributed by atoms with E-state index in [1.54, 1.807) is 11.3 Å². The van der Waals surface area contributed by atoms with Gasteiger partial charge in [-0.3, -0.25) is 0 Å². The van der Waals surface area contributed by atoms with Crippen molar-refractivity contribution < 1.29 is 0 Å². The van der Waals surface area contributed by atoms with Gasteiger partial charge in [-0.15, -0.1) is 0 Å². The van der Waals surface area contributed by atoms with Crippen molar-refractivity contribution in [2.24, 2.45) is 0 Å². The maximum Gasteiger partial charge on any atom is -0.00138 e. The number of fused-ring (bicyclic) bond motifs is 2. The fraction of sp³-hybridized carbons (Fsp3) is 0. The Labute approximate surface area is 149 Å². The molecule has 0 saturated heterocycles. The molecule has 0 amide bonds. The largest absolute Gasteiger partial charge is 0.152 e. The number of hydrogen-bond donors (Lipinski definition) is 0. The molecule has 0 aliphatic heterocycles. The average Bonchev–Trinajstić information content (AvgIpc) is 3.20. The molecule has 0 aliphatic carbocycles. The Balaban J connectivity index is 2.03. The van der Waals surface area contributed by atoms with Crippen molar-refractivity contribution in [2.45, 2.75) is 0 Å². The van der Waals surface area contributed by atoms with Crippen LogP contribution >= 0.6 is 11.3 Å². The van der Waals surface area contributed by atoms with E-state index < -0.39 is 0 Å². The molecule has 116 valence electrons. The summed E-state index contributed by atoms with van der Waals surface area (Å²) in [6.45, 7) is 0. The van der Waals surface area contributed by atoms with Crippen molar-refractivity contribution in [1.29, 1.82) is 0 Å². The van der Waals surface area contributed by atoms with E-state index in [0.717, 1.165) is 0 Å². The highest BCUT2D eigenvalue weighted by Crippen LogP contribution is 2.44. The first-order chi connectivity index (χ1) is 12.4. The Hall–Kier alpha value is -2.90. The van der Waals surface area contributed by atoms with Crippen molar-refractivity contribution in [3.05, 3.63) is 83.6 Å². The molecule has 6 aromatic rings. The van der Waals surface area contributed by atoms with Crippen LogP contribution in [0.25, 0.3) is 54.2 Å². The Morgan fingerprint density at radius 3 is 1.92 bits per heavy atom. The summed E-state index contributed by atoms with van der Waals surface area (Å²) in [5, 5.41) is 15.3. The summed E-state index contributed by atoms with van der Waals surface area (Å²) in [5.74, 6) is 0. The quantitative estimate of drug-likeness (QED) is 0.216. The van der Waals surface area contributed by atoms with Crippen LogP contribution in [0.1, 0.15) is 0 Å². The van der Waals surface area contributed by atoms with Crippen molar-refractivity contribution >= 4 is 54.4 Å². The maximum atomic E-state index is 2.29. The highest BCUT2D eigenvalue weighted by molar-refractivity contribution is 7.08. The number of rotatable bonds is 1. The molecule has 0 fully saturated rings. The van der Waals surface area contributed by atoms with Crippen molar-refractivity contribution in [3.8, 4) is 11.1 Å². The van der Waals surface area contributed by atoms with Crippen LogP contribution in [-0.2, 0) is 0 Å². The molecule has 0 bridgehead atoms. The number of thiophene rings is 1. The van der Waals surface area contributed by atoms with Crippen LogP contribution in [0.3, 0.4) is 0 Å². The fourth-order valence-corrected chi connectivity index (χ4v) is 4.97. The van der Waals surface area contributed by atoms with E-state index in [-0.39, 0.29) is 0 Å². The van der Waals surface area contributed by atoms with Crippen LogP contribution in [0.15, 0.2) is 83.6 Å². The maximum absolute atomic E-state index is 2.29. The number of hydrogen-bond acceptors (Lipinski definition) is 1. The lowest BCUT2D eigenvalue weighted by Gasteiger charge is -2.16. The van der Waals surface area contributed by atoms with E-state index in [1.807, 2.05) is 0 Å². The molecule has 0 spiro atoms. The Kier molecular flexibility index (Phi) is 2.58. The van der Waals surface area contributed by atoms with E-state index >= 15 is 0 Å². The highest BCUT2D eigenvalue weighted by Gasteiger charge is 2.15. The predicted octanol–water partition coefficient (Wildman–Crippen LogP) is 7.47. The SMILES string of the molecule is c1cc2cccc3c4c(-c5ccsc5)ccc5cccc(c(c1)c23)c54. The lowest BCUT2D eigenvalue weighted by atomic mass is 9.86. The van der Waals surface area contributed by atoms with Crippen LogP contribution < -0.4 is 0 Å². The van der Waals surface area contributed by atoms with Gasteiger partial charge >= 0.3 is 0 Å². The van der Waals surface area contributed by atoms with Crippen LogP contribution in [0.4, 0.5) is 0 Å². The second-order valence-electron chi connectivity index (χ2n) is 6.61. The molecular formula is C24H14S. The van der Waals surface area contributed by atoms with Gasteiger partial charge in [0, 0.05) is 0 Å². The summed E-state index contributed by atoms with van der Waals surface area (Å²) in [4.78, 5) is 0. The van der Waals surface area contributed by atoms with Gasteiger partial charge in [-0.1, -0.05) is 66.7 Å². The molecule has 0 N–H and O–H groups in total. The number of benzene rings is 5. The molecule has 1 heterocycles. The molecule has 25 heavy (non-hydrogen) atoms. The van der Waals surface area contributed by atoms with Crippen LogP contribution in [0.5, 0.6) is 0 Å². The third kappa shape index (κ3) is 1.71. The van der Waals surface area contributed by atoms with E-state index in [9.17, 15) is 0 Å². The summed E-state index contributed by atoms with van der Waals surface area (Å²) >= 11 is 1.76. The molecule has 0 radical (unpaired) electrons. The van der Waals surface area contributed by atoms with Gasteiger partial charge in [-0.2, -0.15) is 11.3 Å². The van der Waals surface area contributed by atoms with E-state index in [0.29, 0.717) is 0 Å². The van der Waals surface area contributed by atoms with Gasteiger partial charge < -0.3 is 0 Å². The molecule has 0 atom stereocenters. The smallest absolute Gasteiger partial charge is 0.00138 e. The summed E-state index contributed by atoms with van der Waals surface area (Å²) in [6, 6.07) is 26.8. The summed E-state index contributed by atoms with van der Waals surface area (Å²) in [6.07, 6.45) is 0. The third-order valence-electron chi connectivity index (χ3n) is 5.34. The van der Waals surface area contributed by atoms with Gasteiger partial charge in [0.2, 0.25) is 0 Å². The lowest BCUT2D eigenvalue weighted by molar-refractivity contribution is 1.76. The van der Waals surface area contributed by atoms with Gasteiger partial charge in [0.05, 0.1) is 0 Å². The molecule has 6 rings (SSSR count). The molecule has 5 aromatic carbocycles. The zero-order valence-corrected chi connectivity index (χ0v) is 14.3. The minimum absolute atomic E-state index is 1.31. The average molecular weight is 334 g/mol. The molecule has 0 nitrogen and oxygen atoms in total. The topological polar surface area (TPSA) is 0 Å². The molecular weight excluding hydrogens is 320 g/mol. The van der Waals surface area contributed by atoms with Gasteiger partial charge in [0.25, 0.3) is 0 Å². The van der Waals surface area contributed by atoms with E-state index in [2.05, 4.69) is 83.6 Å². The second kappa shape index (κ2) is 4.81. The van der Waals surface area contributed by atoms with Crippen molar-refractivity contribution in [2.75, 3.05) is 0 Å². The summed E-state index contributed by atoms with van der Waals surface area (Å²) in [5.41, 5.74) is 2.65. The minimum atomic E-state index is 1.31. The van der Waals surface area contributed by atoms with Crippen LogP contribution in [0, 0.1) is 0 Å². The van der Waals surface area contributed by atoms with Gasteiger partial charge in [0.15, 0.2) is 0 Å². The zero-order chi connectivity index (χ0) is 16.4. The standard InChI is InChI=1S/C24H14S/c1-4-15-5-3-9-21-22(15)19(7-1)20-8-2-6-16-10-11-18(24(21)23(16)20)17-12-13-25-14-17/h1-14H. The zero-order valence-electron chi connectivity index (χ0n) is 13.5. The van der Waals surface area contributed by atoms with Gasteiger partial charge in [-0.05, 0) is 71.0 Å². The fourth-order valence-electron chi connectivity index (χ4n) is 4.32. The van der Waals surface area contributed by atoms with Crippen LogP contribution in [-0.4, -0.2) is 0 Å². The van der Waals surface area contributed by atoms with Crippen molar-refractivity contribution in [3.63, 3.8) is 0 Å². The first-order valence-electron chi connectivity index (χ1n) is 8.52. The van der Waals surface area contributed by atoms with E-state index in [1.165, 1.54) is 54.2 Å². The molecule has 0 saturated carbocycles. The lowest BCUT2D eigenvalue weighted by Crippen LogP contribution is -1.89. The minimum Gasteiger partial charge on any atom is -0.152 e. The third-order valence-corrected chi connectivity index (χ3v) is 6.03. The Morgan fingerprint density at radius 2 is 1.20 bits per heavy atom. The van der Waals surface area contributed by atoms with Crippen molar-refractivity contribution in [1.82, 2.24) is 0 Å². The Morgan fingerprint density at radius 1 is 0.520 bits per heavy atom. The summed E-state index contributed by atoms with van der Waals surface area (Å²) < 4.78 is 0. The van der Waals surface area contributed by atoms with Gasteiger partial charge in [0.1, 0.15) is 0 Å². The molecule has 1 aromatic heterocycles. The molecule has 0 aliphatic rings. The second-order valence-corrected chi connectivity index (χ2v) is 7.39.